The summed E-state index contributed by atoms with van der Waals surface area (Å²) in [6.45, 7) is 3.84. The van der Waals surface area contributed by atoms with Crippen molar-refractivity contribution in [1.82, 2.24) is 0 Å². The predicted molar refractivity (Wildman–Crippen MR) is 114 cm³/mol. The number of para-hydroxylation sites is 2. The minimum absolute atomic E-state index is 0.0853. The molecular weight excluding hydrogens is 392 g/mol. The zero-order valence-electron chi connectivity index (χ0n) is 16.8. The summed E-state index contributed by atoms with van der Waals surface area (Å²) in [5.41, 5.74) is 1.49. The number of ether oxygens (including phenoxy) is 1. The van der Waals surface area contributed by atoms with Gasteiger partial charge in [-0.05, 0) is 44.5 Å². The molecule has 0 aliphatic carbocycles. The summed E-state index contributed by atoms with van der Waals surface area (Å²) in [6.07, 6.45) is 1.59. The average molecular weight is 419 g/mol. The van der Waals surface area contributed by atoms with Crippen molar-refractivity contribution in [2.24, 2.45) is 0 Å². The van der Waals surface area contributed by atoms with Crippen molar-refractivity contribution in [1.29, 1.82) is 0 Å². The van der Waals surface area contributed by atoms with Crippen LogP contribution in [0.25, 0.3) is 0 Å². The molecule has 0 aliphatic heterocycles. The summed E-state index contributed by atoms with van der Waals surface area (Å²) >= 11 is 0. The van der Waals surface area contributed by atoms with Gasteiger partial charge >= 0.3 is 0 Å². The molecule has 0 heterocycles. The monoisotopic (exact) mass is 418 g/mol. The fourth-order valence-corrected chi connectivity index (χ4v) is 3.80. The molecule has 0 atom stereocenters. The number of sulfonamides is 1. The second-order valence-corrected chi connectivity index (χ2v) is 8.43. The van der Waals surface area contributed by atoms with Gasteiger partial charge in [0.1, 0.15) is 5.75 Å². The van der Waals surface area contributed by atoms with Gasteiger partial charge in [-0.3, -0.25) is 13.9 Å². The molecule has 2 rings (SSSR count). The lowest BCUT2D eigenvalue weighted by Crippen LogP contribution is -2.31. The number of hydrogen-bond donors (Lipinski definition) is 1. The van der Waals surface area contributed by atoms with E-state index in [2.05, 4.69) is 5.32 Å². The van der Waals surface area contributed by atoms with Gasteiger partial charge in [-0.1, -0.05) is 24.3 Å². The number of nitrogens with one attached hydrogen (secondary N) is 1. The molecular formula is C21H26N2O5S. The van der Waals surface area contributed by atoms with Gasteiger partial charge in [-0.15, -0.1) is 0 Å². The van der Waals surface area contributed by atoms with Gasteiger partial charge in [0.25, 0.3) is 0 Å². The Morgan fingerprint density at radius 3 is 2.48 bits per heavy atom. The Morgan fingerprint density at radius 2 is 1.83 bits per heavy atom. The lowest BCUT2D eigenvalue weighted by Gasteiger charge is -2.24. The highest BCUT2D eigenvalue weighted by atomic mass is 32.2. The van der Waals surface area contributed by atoms with Crippen LogP contribution >= 0.6 is 0 Å². The van der Waals surface area contributed by atoms with E-state index in [9.17, 15) is 18.0 Å². The summed E-state index contributed by atoms with van der Waals surface area (Å²) in [7, 11) is -3.55. The third-order valence-corrected chi connectivity index (χ3v) is 5.33. The maximum atomic E-state index is 12.3. The SMILES string of the molecule is CCOc1ccccc1N(CCCC(=O)Nc1cccc(C(C)=O)c1)S(C)(=O)=O. The van der Waals surface area contributed by atoms with Gasteiger partial charge in [-0.2, -0.15) is 0 Å². The first kappa shape index (κ1) is 22.4. The topological polar surface area (TPSA) is 92.8 Å². The van der Waals surface area contributed by atoms with Crippen molar-refractivity contribution in [2.75, 3.05) is 29.0 Å². The smallest absolute Gasteiger partial charge is 0.232 e. The molecule has 2 aromatic carbocycles. The van der Waals surface area contributed by atoms with E-state index in [0.717, 1.165) is 6.26 Å². The normalized spacial score (nSPS) is 11.0. The summed E-state index contributed by atoms with van der Waals surface area (Å²) in [5.74, 6) is 0.140. The maximum Gasteiger partial charge on any atom is 0.232 e. The Hall–Kier alpha value is -2.87. The Balaban J connectivity index is 2.03. The highest BCUT2D eigenvalue weighted by Gasteiger charge is 2.21. The van der Waals surface area contributed by atoms with Crippen LogP contribution in [0.2, 0.25) is 0 Å². The Bertz CT molecular complexity index is 973. The van der Waals surface area contributed by atoms with Gasteiger partial charge in [0.05, 0.1) is 18.6 Å². The van der Waals surface area contributed by atoms with E-state index < -0.39 is 10.0 Å². The Kier molecular flexibility index (Phi) is 7.78. The maximum absolute atomic E-state index is 12.3. The molecule has 0 radical (unpaired) electrons. The van der Waals surface area contributed by atoms with Crippen LogP contribution in [-0.4, -0.2) is 39.5 Å². The number of nitrogens with zero attached hydrogens (tertiary/aromatic N) is 1. The molecule has 0 aliphatic rings. The molecule has 0 fully saturated rings. The van der Waals surface area contributed by atoms with Gasteiger partial charge in [0.2, 0.25) is 15.9 Å². The summed E-state index contributed by atoms with van der Waals surface area (Å²) in [5, 5.41) is 2.74. The zero-order chi connectivity index (χ0) is 21.4. The molecule has 1 N–H and O–H groups in total. The second kappa shape index (κ2) is 10.1. The van der Waals surface area contributed by atoms with E-state index in [1.54, 1.807) is 48.5 Å². The van der Waals surface area contributed by atoms with E-state index in [1.165, 1.54) is 11.2 Å². The lowest BCUT2D eigenvalue weighted by atomic mass is 10.1. The van der Waals surface area contributed by atoms with Crippen molar-refractivity contribution in [3.05, 3.63) is 54.1 Å². The van der Waals surface area contributed by atoms with Crippen molar-refractivity contribution in [3.63, 3.8) is 0 Å². The van der Waals surface area contributed by atoms with Crippen LogP contribution in [-0.2, 0) is 14.8 Å². The number of ketones is 1. The highest BCUT2D eigenvalue weighted by molar-refractivity contribution is 7.92. The molecule has 7 nitrogen and oxygen atoms in total. The quantitative estimate of drug-likeness (QED) is 0.597. The molecule has 2 aromatic rings. The van der Waals surface area contributed by atoms with E-state index in [1.807, 2.05) is 6.92 Å². The number of Topliss-reactive ketones (excluding diaryl/α,β-unsaturated/α-hetero) is 1. The molecule has 0 aromatic heterocycles. The van der Waals surface area contributed by atoms with Crippen LogP contribution in [0.3, 0.4) is 0 Å². The van der Waals surface area contributed by atoms with Gasteiger partial charge < -0.3 is 10.1 Å². The lowest BCUT2D eigenvalue weighted by molar-refractivity contribution is -0.116. The molecule has 0 spiro atoms. The van der Waals surface area contributed by atoms with Gasteiger partial charge in [0.15, 0.2) is 5.78 Å². The number of anilines is 2. The van der Waals surface area contributed by atoms with Crippen LogP contribution in [0.4, 0.5) is 11.4 Å². The average Bonchev–Trinajstić information content (AvgIpc) is 2.65. The van der Waals surface area contributed by atoms with Crippen molar-refractivity contribution >= 4 is 33.1 Å². The minimum Gasteiger partial charge on any atom is -0.492 e. The first-order valence-electron chi connectivity index (χ1n) is 9.32. The summed E-state index contributed by atoms with van der Waals surface area (Å²) in [6, 6.07) is 13.6. The Morgan fingerprint density at radius 1 is 1.10 bits per heavy atom. The molecule has 0 saturated heterocycles. The molecule has 0 saturated carbocycles. The number of rotatable bonds is 10. The fraction of sp³-hybridized carbons (Fsp3) is 0.333. The van der Waals surface area contributed by atoms with E-state index in [-0.39, 0.29) is 24.7 Å². The van der Waals surface area contributed by atoms with Crippen LogP contribution in [0.1, 0.15) is 37.0 Å². The number of carbonyl (C=O) groups excluding carboxylic acids is 2. The third-order valence-electron chi connectivity index (χ3n) is 4.15. The van der Waals surface area contributed by atoms with Gasteiger partial charge in [-0.25, -0.2) is 8.42 Å². The number of hydrogen-bond acceptors (Lipinski definition) is 5. The highest BCUT2D eigenvalue weighted by Crippen LogP contribution is 2.30. The fourth-order valence-electron chi connectivity index (χ4n) is 2.83. The molecule has 0 bridgehead atoms. The van der Waals surface area contributed by atoms with E-state index >= 15 is 0 Å². The third kappa shape index (κ3) is 6.60. The largest absolute Gasteiger partial charge is 0.492 e. The number of carbonyl (C=O) groups is 2. The standard InChI is InChI=1S/C21H26N2O5S/c1-4-28-20-12-6-5-11-19(20)23(29(3,26)27)14-8-13-21(25)22-18-10-7-9-17(15-18)16(2)24/h5-7,9-12,15H,4,8,13-14H2,1-3H3,(H,22,25). The minimum atomic E-state index is -3.55. The molecule has 29 heavy (non-hydrogen) atoms. The molecule has 1 amide bonds. The van der Waals surface area contributed by atoms with Crippen molar-refractivity contribution in [2.45, 2.75) is 26.7 Å². The second-order valence-electron chi connectivity index (χ2n) is 6.52. The molecule has 8 heteroatoms. The van der Waals surface area contributed by atoms with Gasteiger partial charge in [0, 0.05) is 24.2 Å². The first-order chi connectivity index (χ1) is 13.7. The van der Waals surface area contributed by atoms with E-state index in [4.69, 9.17) is 4.74 Å². The molecule has 0 unspecified atom stereocenters. The number of amides is 1. The predicted octanol–water partition coefficient (Wildman–Crippen LogP) is 3.47. The summed E-state index contributed by atoms with van der Waals surface area (Å²) in [4.78, 5) is 23.7. The molecule has 156 valence electrons. The Labute approximate surface area is 171 Å². The van der Waals surface area contributed by atoms with Crippen LogP contribution < -0.4 is 14.4 Å². The zero-order valence-corrected chi connectivity index (χ0v) is 17.7. The van der Waals surface area contributed by atoms with Crippen LogP contribution in [0.5, 0.6) is 5.75 Å². The first-order valence-corrected chi connectivity index (χ1v) is 11.2. The summed E-state index contributed by atoms with van der Waals surface area (Å²) < 4.78 is 31.4. The van der Waals surface area contributed by atoms with Crippen LogP contribution in [0.15, 0.2) is 48.5 Å². The van der Waals surface area contributed by atoms with Crippen LogP contribution in [0, 0.1) is 0 Å². The van der Waals surface area contributed by atoms with E-state index in [0.29, 0.717) is 35.7 Å². The van der Waals surface area contributed by atoms with Crippen molar-refractivity contribution < 1.29 is 22.7 Å². The number of benzene rings is 2. The van der Waals surface area contributed by atoms with Crippen molar-refractivity contribution in [3.8, 4) is 5.75 Å².